The number of nitrogens with zero attached hydrogens (tertiary/aromatic N) is 2. The van der Waals surface area contributed by atoms with Gasteiger partial charge in [0.1, 0.15) is 11.9 Å². The van der Waals surface area contributed by atoms with E-state index in [1.165, 1.54) is 0 Å². The van der Waals surface area contributed by atoms with Gasteiger partial charge in [-0.3, -0.25) is 4.79 Å². The van der Waals surface area contributed by atoms with E-state index in [1.54, 1.807) is 11.3 Å². The summed E-state index contributed by atoms with van der Waals surface area (Å²) in [6, 6.07) is 11.8. The molecule has 0 unspecified atom stereocenters. The molecule has 5 nitrogen and oxygen atoms in total. The second-order valence-electron chi connectivity index (χ2n) is 9.30. The van der Waals surface area contributed by atoms with E-state index in [9.17, 15) is 9.18 Å². The topological polar surface area (TPSA) is 80.9 Å². The molecule has 171 valence electrons. The van der Waals surface area contributed by atoms with Gasteiger partial charge in [-0.1, -0.05) is 24.3 Å². The molecule has 7 heteroatoms. The number of thiophene rings is 1. The summed E-state index contributed by atoms with van der Waals surface area (Å²) in [7, 11) is 0. The minimum Gasteiger partial charge on any atom is -0.321 e. The fourth-order valence-corrected chi connectivity index (χ4v) is 5.54. The summed E-state index contributed by atoms with van der Waals surface area (Å²) in [6.45, 7) is 0. The highest BCUT2D eigenvalue weighted by atomic mass is 32.1. The Morgan fingerprint density at radius 3 is 2.55 bits per heavy atom. The SMILES string of the molecule is N[C@]1(c2ccc(-c3nnc(NC(=O)CC4CC[CH]CC4)cc3-c3ccsc3)cc2)C[C@H](F)C1. The van der Waals surface area contributed by atoms with Crippen molar-refractivity contribution < 1.29 is 9.18 Å². The number of halogens is 1. The Kier molecular flexibility index (Phi) is 6.25. The van der Waals surface area contributed by atoms with Crippen LogP contribution >= 0.6 is 11.3 Å². The second kappa shape index (κ2) is 9.31. The molecule has 2 heterocycles. The zero-order valence-corrected chi connectivity index (χ0v) is 19.3. The van der Waals surface area contributed by atoms with Crippen LogP contribution in [0, 0.1) is 12.3 Å². The second-order valence-corrected chi connectivity index (χ2v) is 10.1. The number of nitrogens with two attached hydrogens (primary N) is 1. The third kappa shape index (κ3) is 4.84. The molecule has 3 aromatic rings. The van der Waals surface area contributed by atoms with Crippen LogP contribution in [0.4, 0.5) is 10.2 Å². The Labute approximate surface area is 197 Å². The quantitative estimate of drug-likeness (QED) is 0.478. The van der Waals surface area contributed by atoms with Crippen molar-refractivity contribution >= 4 is 23.1 Å². The predicted octanol–water partition coefficient (Wildman–Crippen LogP) is 5.88. The Hall–Kier alpha value is -2.64. The molecule has 0 aliphatic heterocycles. The van der Waals surface area contributed by atoms with Gasteiger partial charge in [-0.25, -0.2) is 4.39 Å². The maximum Gasteiger partial charge on any atom is 0.225 e. The zero-order chi connectivity index (χ0) is 22.8. The van der Waals surface area contributed by atoms with Crippen molar-refractivity contribution in [2.45, 2.75) is 56.7 Å². The molecule has 2 saturated carbocycles. The van der Waals surface area contributed by atoms with Crippen LogP contribution in [0.2, 0.25) is 0 Å². The van der Waals surface area contributed by atoms with Crippen LogP contribution in [-0.4, -0.2) is 22.3 Å². The number of rotatable bonds is 6. The first-order valence-corrected chi connectivity index (χ1v) is 12.5. The van der Waals surface area contributed by atoms with E-state index in [4.69, 9.17) is 5.73 Å². The Bertz CT molecular complexity index is 1100. The first-order chi connectivity index (χ1) is 16.0. The van der Waals surface area contributed by atoms with Crippen LogP contribution in [0.25, 0.3) is 22.4 Å². The van der Waals surface area contributed by atoms with Gasteiger partial charge in [0.25, 0.3) is 0 Å². The molecule has 1 aromatic carbocycles. The summed E-state index contributed by atoms with van der Waals surface area (Å²) in [5.41, 5.74) is 10.3. The number of hydrogen-bond acceptors (Lipinski definition) is 5. The van der Waals surface area contributed by atoms with E-state index >= 15 is 0 Å². The molecular formula is C26H28FN4OS. The average Bonchev–Trinajstić information content (AvgIpc) is 3.34. The van der Waals surface area contributed by atoms with Gasteiger partial charge in [-0.15, -0.1) is 10.2 Å². The van der Waals surface area contributed by atoms with Crippen molar-refractivity contribution in [1.82, 2.24) is 10.2 Å². The fourth-order valence-electron chi connectivity index (χ4n) is 4.89. The van der Waals surface area contributed by atoms with Gasteiger partial charge < -0.3 is 11.1 Å². The number of carbonyl (C=O) groups excluding carboxylic acids is 1. The summed E-state index contributed by atoms with van der Waals surface area (Å²) in [5, 5.41) is 15.8. The molecule has 2 aliphatic carbocycles. The van der Waals surface area contributed by atoms with Crippen LogP contribution in [-0.2, 0) is 10.3 Å². The monoisotopic (exact) mass is 463 g/mol. The molecule has 1 radical (unpaired) electrons. The first-order valence-electron chi connectivity index (χ1n) is 11.6. The molecule has 2 aliphatic rings. The summed E-state index contributed by atoms with van der Waals surface area (Å²) in [4.78, 5) is 12.6. The molecular weight excluding hydrogens is 435 g/mol. The van der Waals surface area contributed by atoms with Gasteiger partial charge in [-0.05, 0) is 72.0 Å². The lowest BCUT2D eigenvalue weighted by Gasteiger charge is -2.41. The number of benzene rings is 1. The number of amides is 1. The lowest BCUT2D eigenvalue weighted by atomic mass is 9.71. The van der Waals surface area contributed by atoms with E-state index < -0.39 is 11.7 Å². The van der Waals surface area contributed by atoms with Gasteiger partial charge in [0.05, 0.1) is 0 Å². The van der Waals surface area contributed by atoms with Crippen LogP contribution in [0.3, 0.4) is 0 Å². The van der Waals surface area contributed by atoms with Gasteiger partial charge in [-0.2, -0.15) is 11.3 Å². The van der Waals surface area contributed by atoms with Crippen LogP contribution < -0.4 is 11.1 Å². The van der Waals surface area contributed by atoms with Gasteiger partial charge >= 0.3 is 0 Å². The summed E-state index contributed by atoms with van der Waals surface area (Å²) >= 11 is 1.61. The molecule has 33 heavy (non-hydrogen) atoms. The summed E-state index contributed by atoms with van der Waals surface area (Å²) in [5.74, 6) is 0.893. The van der Waals surface area contributed by atoms with Crippen molar-refractivity contribution in [3.8, 4) is 22.4 Å². The van der Waals surface area contributed by atoms with Crippen molar-refractivity contribution in [1.29, 1.82) is 0 Å². The number of nitrogens with one attached hydrogen (secondary N) is 1. The fraction of sp³-hybridized carbons (Fsp3) is 0.385. The molecule has 0 saturated heterocycles. The summed E-state index contributed by atoms with van der Waals surface area (Å²) in [6.07, 6.45) is 7.06. The molecule has 0 bridgehead atoms. The van der Waals surface area contributed by atoms with Gasteiger partial charge in [0, 0.05) is 35.9 Å². The Morgan fingerprint density at radius 2 is 1.88 bits per heavy atom. The molecule has 1 amide bonds. The van der Waals surface area contributed by atoms with E-state index in [2.05, 4.69) is 27.3 Å². The van der Waals surface area contributed by atoms with Crippen molar-refractivity contribution in [3.05, 3.63) is 59.1 Å². The van der Waals surface area contributed by atoms with E-state index in [0.717, 1.165) is 53.6 Å². The number of aromatic nitrogens is 2. The Morgan fingerprint density at radius 1 is 1.12 bits per heavy atom. The van der Waals surface area contributed by atoms with Crippen molar-refractivity contribution in [3.63, 3.8) is 0 Å². The van der Waals surface area contributed by atoms with E-state index in [-0.39, 0.29) is 5.91 Å². The number of alkyl halides is 1. The predicted molar refractivity (Wildman–Crippen MR) is 130 cm³/mol. The lowest BCUT2D eigenvalue weighted by molar-refractivity contribution is -0.117. The largest absolute Gasteiger partial charge is 0.321 e. The highest BCUT2D eigenvalue weighted by Gasteiger charge is 2.42. The third-order valence-electron chi connectivity index (χ3n) is 6.83. The minimum absolute atomic E-state index is 0.00974. The average molecular weight is 464 g/mol. The number of anilines is 1. The normalized spacial score (nSPS) is 23.2. The first kappa shape index (κ1) is 22.2. The molecule has 2 aromatic heterocycles. The van der Waals surface area contributed by atoms with Crippen molar-refractivity contribution in [2.24, 2.45) is 11.7 Å². The molecule has 2 fully saturated rings. The minimum atomic E-state index is -0.815. The smallest absolute Gasteiger partial charge is 0.225 e. The number of hydrogen-bond donors (Lipinski definition) is 2. The number of carbonyl (C=O) groups is 1. The molecule has 3 N–H and O–H groups in total. The van der Waals surface area contributed by atoms with Gasteiger partial charge in [0.2, 0.25) is 5.91 Å². The van der Waals surface area contributed by atoms with Crippen LogP contribution in [0.5, 0.6) is 0 Å². The van der Waals surface area contributed by atoms with Crippen LogP contribution in [0.15, 0.2) is 47.2 Å². The highest BCUT2D eigenvalue weighted by molar-refractivity contribution is 7.08. The molecule has 5 rings (SSSR count). The lowest BCUT2D eigenvalue weighted by Crippen LogP contribution is -2.50. The van der Waals surface area contributed by atoms with Crippen molar-refractivity contribution in [2.75, 3.05) is 5.32 Å². The van der Waals surface area contributed by atoms with Crippen LogP contribution in [0.1, 0.15) is 50.5 Å². The van der Waals surface area contributed by atoms with Gasteiger partial charge in [0.15, 0.2) is 5.82 Å². The highest BCUT2D eigenvalue weighted by Crippen LogP contribution is 2.42. The maximum absolute atomic E-state index is 13.4. The zero-order valence-electron chi connectivity index (χ0n) is 18.5. The Balaban J connectivity index is 1.38. The van der Waals surface area contributed by atoms with E-state index in [1.807, 2.05) is 41.8 Å². The standard InChI is InChI=1S/C26H28FN4OS/c27-21-14-26(28,15-21)20-8-6-18(7-9-20)25-22(19-10-11-33-16-19)13-23(30-31-25)29-24(32)12-17-4-2-1-3-5-17/h1,6-11,13,16-17,21H,2-5,12,14-15,28H2,(H,29,30,32)/t21-,26+. The van der Waals surface area contributed by atoms with E-state index in [0.29, 0.717) is 31.0 Å². The maximum atomic E-state index is 13.4. The third-order valence-corrected chi connectivity index (χ3v) is 7.51. The molecule has 0 atom stereocenters. The molecule has 0 spiro atoms. The summed E-state index contributed by atoms with van der Waals surface area (Å²) < 4.78 is 13.4.